The quantitative estimate of drug-likeness (QED) is 0.260. The minimum absolute atomic E-state index is 0. The summed E-state index contributed by atoms with van der Waals surface area (Å²) in [4.78, 5) is 26.0. The Kier molecular flexibility index (Phi) is 13.1. The van der Waals surface area contributed by atoms with E-state index >= 15 is 0 Å². The zero-order valence-electron chi connectivity index (χ0n) is 16.9. The predicted octanol–water partition coefficient (Wildman–Crippen LogP) is 4.62. The average molecular weight is 803 g/mol. The molecule has 0 spiro atoms. The van der Waals surface area contributed by atoms with Crippen molar-refractivity contribution in [2.45, 2.75) is 13.1 Å². The molecule has 0 aromatic heterocycles. The number of hydrogen-bond donors (Lipinski definition) is 4. The molecule has 4 N–H and O–H groups in total. The molecule has 0 bridgehead atoms. The van der Waals surface area contributed by atoms with Gasteiger partial charge in [-0.05, 0) is 56.1 Å². The van der Waals surface area contributed by atoms with Gasteiger partial charge in [-0.25, -0.2) is 0 Å². The van der Waals surface area contributed by atoms with Crippen LogP contribution in [0.2, 0.25) is 0 Å². The molecule has 33 heavy (non-hydrogen) atoms. The molecule has 1 radical (unpaired) electrons. The Morgan fingerprint density at radius 2 is 1.03 bits per heavy atom. The van der Waals surface area contributed by atoms with Gasteiger partial charge >= 0.3 is 11.9 Å². The minimum Gasteiger partial charge on any atom is -0.506 e. The van der Waals surface area contributed by atoms with Gasteiger partial charge in [-0.2, -0.15) is 0 Å². The van der Waals surface area contributed by atoms with Crippen molar-refractivity contribution in [3.05, 3.63) is 53.3 Å². The second-order valence-corrected chi connectivity index (χ2v) is 10.5. The number of carboxylic acid groups (broad SMARTS) is 2. The van der Waals surface area contributed by atoms with Gasteiger partial charge in [0.1, 0.15) is 11.5 Å². The molecule has 0 aliphatic rings. The molecular formula is C20H20Br4N2O6Tc. The van der Waals surface area contributed by atoms with Crippen molar-refractivity contribution in [2.24, 2.45) is 0 Å². The van der Waals surface area contributed by atoms with Crippen LogP contribution in [0.4, 0.5) is 0 Å². The summed E-state index contributed by atoms with van der Waals surface area (Å²) in [6.07, 6.45) is 0. The van der Waals surface area contributed by atoms with Crippen LogP contribution in [0.5, 0.6) is 11.5 Å². The van der Waals surface area contributed by atoms with E-state index in [0.717, 1.165) is 8.95 Å². The molecule has 0 atom stereocenters. The number of aliphatic carboxylic acids is 2. The molecule has 2 rings (SSSR count). The molecule has 8 nitrogen and oxygen atoms in total. The first kappa shape index (κ1) is 30.5. The summed E-state index contributed by atoms with van der Waals surface area (Å²) < 4.78 is 2.38. The van der Waals surface area contributed by atoms with Crippen molar-refractivity contribution in [3.8, 4) is 11.5 Å². The van der Waals surface area contributed by atoms with Crippen LogP contribution in [0.25, 0.3) is 0 Å². The second-order valence-electron chi connectivity index (χ2n) is 7.00. The van der Waals surface area contributed by atoms with Crippen molar-refractivity contribution in [1.29, 1.82) is 0 Å². The molecule has 181 valence electrons. The van der Waals surface area contributed by atoms with Gasteiger partial charge in [-0.3, -0.25) is 19.4 Å². The van der Waals surface area contributed by atoms with Gasteiger partial charge in [0, 0.05) is 66.4 Å². The Bertz CT molecular complexity index is 932. The maximum atomic E-state index is 11.4. The zero-order valence-corrected chi connectivity index (χ0v) is 25.1. The fraction of sp³-hybridized carbons (Fsp3) is 0.300. The summed E-state index contributed by atoms with van der Waals surface area (Å²) in [6.45, 7) is 0.143. The van der Waals surface area contributed by atoms with Gasteiger partial charge in [0.25, 0.3) is 0 Å². The third-order valence-corrected chi connectivity index (χ3v) is 6.58. The SMILES string of the molecule is O=C(O)CN(CCN(CC(=O)O)Cc1cc(Br)cc(Br)c1O)Cc1cc(Br)cc(Br)c1O.[99Tc]. The van der Waals surface area contributed by atoms with E-state index in [1.54, 1.807) is 34.1 Å². The number of nitrogens with zero attached hydrogens (tertiary/aromatic N) is 2. The van der Waals surface area contributed by atoms with Crippen molar-refractivity contribution >= 4 is 75.7 Å². The summed E-state index contributed by atoms with van der Waals surface area (Å²) in [6, 6.07) is 6.75. The molecule has 0 heterocycles. The average Bonchev–Trinajstić information content (AvgIpc) is 2.66. The zero-order chi connectivity index (χ0) is 24.0. The number of phenols is 2. The smallest absolute Gasteiger partial charge is 0.317 e. The van der Waals surface area contributed by atoms with Crippen molar-refractivity contribution in [1.82, 2.24) is 9.80 Å². The fourth-order valence-electron chi connectivity index (χ4n) is 3.05. The van der Waals surface area contributed by atoms with Crippen molar-refractivity contribution < 1.29 is 50.1 Å². The van der Waals surface area contributed by atoms with E-state index in [2.05, 4.69) is 63.7 Å². The van der Waals surface area contributed by atoms with E-state index in [1.807, 2.05) is 0 Å². The van der Waals surface area contributed by atoms with Gasteiger partial charge in [0.2, 0.25) is 0 Å². The molecule has 2 aromatic carbocycles. The maximum absolute atomic E-state index is 11.4. The summed E-state index contributed by atoms with van der Waals surface area (Å²) in [7, 11) is 0. The largest absolute Gasteiger partial charge is 0.506 e. The number of hydrogen-bond acceptors (Lipinski definition) is 6. The molecule has 0 saturated heterocycles. The van der Waals surface area contributed by atoms with E-state index in [1.165, 1.54) is 0 Å². The van der Waals surface area contributed by atoms with E-state index in [9.17, 15) is 30.0 Å². The second kappa shape index (κ2) is 14.1. The molecule has 0 unspecified atom stereocenters. The van der Waals surface area contributed by atoms with Crippen LogP contribution >= 0.6 is 63.7 Å². The van der Waals surface area contributed by atoms with Crippen LogP contribution in [0, 0.1) is 0 Å². The first-order chi connectivity index (χ1) is 15.0. The van der Waals surface area contributed by atoms with Gasteiger partial charge in [0.05, 0.1) is 22.0 Å². The van der Waals surface area contributed by atoms with Crippen LogP contribution in [-0.4, -0.2) is 68.3 Å². The molecule has 0 aliphatic carbocycles. The van der Waals surface area contributed by atoms with Gasteiger partial charge in [0.15, 0.2) is 0 Å². The number of halogens is 4. The summed E-state index contributed by atoms with van der Waals surface area (Å²) in [5.41, 5.74) is 1.04. The standard InChI is InChI=1S/C20H20Br4N2O6.Tc/c21-13-3-11(19(31)15(23)5-13)7-25(9-17(27)28)1-2-26(10-18(29)30)8-12-4-14(22)6-16(24)20(12)32;/h3-6,31-32H,1-2,7-10H2,(H,27,28)(H,29,30);/i;1+1. The molecule has 0 amide bonds. The Hall–Kier alpha value is -0.531. The Labute approximate surface area is 237 Å². The van der Waals surface area contributed by atoms with Crippen LogP contribution in [0.1, 0.15) is 11.1 Å². The Balaban J connectivity index is 0.00000544. The molecular weight excluding hydrogens is 783 g/mol. The Morgan fingerprint density at radius 3 is 1.33 bits per heavy atom. The monoisotopic (exact) mass is 799 g/mol. The molecule has 0 aliphatic heterocycles. The Morgan fingerprint density at radius 1 is 0.697 bits per heavy atom. The number of benzene rings is 2. The summed E-state index contributed by atoms with van der Waals surface area (Å²) >= 11 is 13.2. The van der Waals surface area contributed by atoms with Crippen molar-refractivity contribution in [2.75, 3.05) is 26.2 Å². The first-order valence-corrected chi connectivity index (χ1v) is 12.4. The van der Waals surface area contributed by atoms with Crippen LogP contribution in [0.3, 0.4) is 0 Å². The third-order valence-electron chi connectivity index (χ3n) is 4.45. The summed E-state index contributed by atoms with van der Waals surface area (Å²) in [5, 5.41) is 39.2. The molecule has 2 aromatic rings. The molecule has 13 heteroatoms. The summed E-state index contributed by atoms with van der Waals surface area (Å²) in [5.74, 6) is -2.07. The van der Waals surface area contributed by atoms with E-state index in [4.69, 9.17) is 0 Å². The first-order valence-electron chi connectivity index (χ1n) is 9.18. The number of carboxylic acids is 2. The van der Waals surface area contributed by atoms with Crippen LogP contribution < -0.4 is 0 Å². The predicted molar refractivity (Wildman–Crippen MR) is 133 cm³/mol. The third kappa shape index (κ3) is 9.93. The van der Waals surface area contributed by atoms with Gasteiger partial charge in [-0.1, -0.05) is 31.9 Å². The maximum Gasteiger partial charge on any atom is 0.317 e. The van der Waals surface area contributed by atoms with E-state index in [-0.39, 0.29) is 70.9 Å². The van der Waals surface area contributed by atoms with Gasteiger partial charge in [-0.15, -0.1) is 0 Å². The normalized spacial score (nSPS) is 11.0. The van der Waals surface area contributed by atoms with Crippen LogP contribution in [-0.2, 0) is 42.8 Å². The topological polar surface area (TPSA) is 122 Å². The number of phenolic OH excluding ortho intramolecular Hbond substituents is 2. The minimum atomic E-state index is -1.04. The van der Waals surface area contributed by atoms with E-state index in [0.29, 0.717) is 20.1 Å². The van der Waals surface area contributed by atoms with Crippen LogP contribution in [0.15, 0.2) is 42.2 Å². The van der Waals surface area contributed by atoms with Crippen molar-refractivity contribution in [3.63, 3.8) is 0 Å². The fourth-order valence-corrected chi connectivity index (χ4v) is 5.68. The van der Waals surface area contributed by atoms with Gasteiger partial charge < -0.3 is 20.4 Å². The number of carbonyl (C=O) groups is 2. The molecule has 0 saturated carbocycles. The number of rotatable bonds is 11. The number of aromatic hydroxyl groups is 2. The molecule has 0 fully saturated rings. The van der Waals surface area contributed by atoms with E-state index < -0.39 is 11.9 Å².